The van der Waals surface area contributed by atoms with E-state index in [1.165, 1.54) is 5.57 Å². The Bertz CT molecular complexity index is 269. The van der Waals surface area contributed by atoms with Gasteiger partial charge in [0.1, 0.15) is 0 Å². The molecule has 1 atom stereocenters. The normalized spacial score (nSPS) is 28.2. The van der Waals surface area contributed by atoms with E-state index in [9.17, 15) is 4.79 Å². The van der Waals surface area contributed by atoms with Crippen molar-refractivity contribution < 1.29 is 4.79 Å². The summed E-state index contributed by atoms with van der Waals surface area (Å²) < 4.78 is 0. The van der Waals surface area contributed by atoms with Gasteiger partial charge in [-0.25, -0.2) is 0 Å². The Morgan fingerprint density at radius 3 is 3.09 bits per heavy atom. The first kappa shape index (κ1) is 6.59. The van der Waals surface area contributed by atoms with E-state index in [0.29, 0.717) is 0 Å². The van der Waals surface area contributed by atoms with E-state index in [-0.39, 0.29) is 11.7 Å². The van der Waals surface area contributed by atoms with Gasteiger partial charge in [-0.2, -0.15) is 0 Å². The van der Waals surface area contributed by atoms with Crippen LogP contribution in [0.3, 0.4) is 0 Å². The van der Waals surface area contributed by atoms with Crippen LogP contribution >= 0.6 is 0 Å². The first-order valence-corrected chi connectivity index (χ1v) is 3.96. The minimum Gasteiger partial charge on any atom is -0.294 e. The van der Waals surface area contributed by atoms with Crippen molar-refractivity contribution in [2.45, 2.75) is 12.8 Å². The number of hydrogen-bond donors (Lipinski definition) is 0. The summed E-state index contributed by atoms with van der Waals surface area (Å²) in [5, 5.41) is 0. The highest BCUT2D eigenvalue weighted by Gasteiger charge is 2.22. The van der Waals surface area contributed by atoms with Crippen LogP contribution < -0.4 is 0 Å². The molecule has 0 saturated heterocycles. The van der Waals surface area contributed by atoms with E-state index in [1.54, 1.807) is 6.08 Å². The highest BCUT2D eigenvalue weighted by atomic mass is 16.1. The monoisotopic (exact) mass is 146 g/mol. The highest BCUT2D eigenvalue weighted by molar-refractivity contribution is 5.96. The van der Waals surface area contributed by atoms with Gasteiger partial charge < -0.3 is 0 Å². The smallest absolute Gasteiger partial charge is 0.163 e. The zero-order chi connectivity index (χ0) is 7.68. The Kier molecular flexibility index (Phi) is 1.50. The van der Waals surface area contributed by atoms with E-state index < -0.39 is 0 Å². The molecule has 1 heteroatoms. The Balaban J connectivity index is 2.36. The van der Waals surface area contributed by atoms with Gasteiger partial charge in [-0.1, -0.05) is 24.3 Å². The van der Waals surface area contributed by atoms with Crippen LogP contribution in [0.2, 0.25) is 0 Å². The van der Waals surface area contributed by atoms with Crippen molar-refractivity contribution in [1.82, 2.24) is 0 Å². The number of ketones is 1. The molecule has 11 heavy (non-hydrogen) atoms. The fourth-order valence-electron chi connectivity index (χ4n) is 1.61. The Morgan fingerprint density at radius 2 is 2.27 bits per heavy atom. The van der Waals surface area contributed by atoms with Crippen molar-refractivity contribution in [3.8, 4) is 0 Å². The lowest BCUT2D eigenvalue weighted by Crippen LogP contribution is -2.17. The van der Waals surface area contributed by atoms with Crippen molar-refractivity contribution in [3.05, 3.63) is 36.0 Å². The fraction of sp³-hybridized carbons (Fsp3) is 0.300. The second-order valence-electron chi connectivity index (χ2n) is 2.96. The van der Waals surface area contributed by atoms with Gasteiger partial charge in [-0.05, 0) is 24.5 Å². The summed E-state index contributed by atoms with van der Waals surface area (Å²) >= 11 is 0. The number of allylic oxidation sites excluding steroid dienone is 6. The van der Waals surface area contributed by atoms with E-state index in [2.05, 4.69) is 12.2 Å². The zero-order valence-corrected chi connectivity index (χ0v) is 6.29. The Labute approximate surface area is 66.1 Å². The fourth-order valence-corrected chi connectivity index (χ4v) is 1.61. The third-order valence-corrected chi connectivity index (χ3v) is 2.23. The number of fused-ring (bicyclic) bond motifs is 1. The first-order chi connectivity index (χ1) is 5.38. The van der Waals surface area contributed by atoms with Crippen LogP contribution in [0.15, 0.2) is 36.0 Å². The summed E-state index contributed by atoms with van der Waals surface area (Å²) in [6.45, 7) is 0. The average Bonchev–Trinajstić information content (AvgIpc) is 2.06. The summed E-state index contributed by atoms with van der Waals surface area (Å²) in [4.78, 5) is 11.3. The molecular weight excluding hydrogens is 136 g/mol. The molecule has 0 fully saturated rings. The molecule has 2 aliphatic carbocycles. The quantitative estimate of drug-likeness (QED) is 0.511. The van der Waals surface area contributed by atoms with Crippen molar-refractivity contribution in [2.75, 3.05) is 0 Å². The van der Waals surface area contributed by atoms with Gasteiger partial charge in [-0.3, -0.25) is 4.79 Å². The molecule has 0 aliphatic heterocycles. The summed E-state index contributed by atoms with van der Waals surface area (Å²) in [6.07, 6.45) is 11.8. The largest absolute Gasteiger partial charge is 0.294 e. The minimum absolute atomic E-state index is 0.171. The van der Waals surface area contributed by atoms with Crippen molar-refractivity contribution in [3.63, 3.8) is 0 Å². The lowest BCUT2D eigenvalue weighted by atomic mass is 9.83. The van der Waals surface area contributed by atoms with Crippen LogP contribution in [0.5, 0.6) is 0 Å². The van der Waals surface area contributed by atoms with Crippen LogP contribution in [0.4, 0.5) is 0 Å². The zero-order valence-electron chi connectivity index (χ0n) is 6.29. The summed E-state index contributed by atoms with van der Waals surface area (Å²) in [7, 11) is 0. The second-order valence-corrected chi connectivity index (χ2v) is 2.96. The molecule has 0 aromatic rings. The maximum atomic E-state index is 11.3. The lowest BCUT2D eigenvalue weighted by molar-refractivity contribution is -0.117. The maximum absolute atomic E-state index is 11.3. The minimum atomic E-state index is 0.171. The molecule has 2 aliphatic rings. The molecule has 0 bridgehead atoms. The van der Waals surface area contributed by atoms with E-state index in [0.717, 1.165) is 12.8 Å². The lowest BCUT2D eigenvalue weighted by Gasteiger charge is -2.20. The number of hydrogen-bond acceptors (Lipinski definition) is 1. The van der Waals surface area contributed by atoms with Gasteiger partial charge in [0.15, 0.2) is 5.78 Å². The molecule has 0 aromatic heterocycles. The molecule has 0 aromatic carbocycles. The van der Waals surface area contributed by atoms with Gasteiger partial charge >= 0.3 is 0 Å². The molecule has 0 spiro atoms. The number of carbonyl (C=O) groups is 1. The van der Waals surface area contributed by atoms with Crippen LogP contribution in [-0.2, 0) is 4.79 Å². The van der Waals surface area contributed by atoms with Gasteiger partial charge in [0.05, 0.1) is 0 Å². The molecule has 1 unspecified atom stereocenters. The standard InChI is InChI=1S/C10H10O/c11-10-7-3-5-8-4-1-2-6-9(8)10/h1,3-5,7,9H,2,6H2. The third kappa shape index (κ3) is 1.07. The Hall–Kier alpha value is -1.11. The van der Waals surface area contributed by atoms with Gasteiger partial charge in [0, 0.05) is 5.92 Å². The molecule has 0 amide bonds. The summed E-state index contributed by atoms with van der Waals surface area (Å²) in [5.41, 5.74) is 1.18. The first-order valence-electron chi connectivity index (χ1n) is 3.96. The molecule has 2 rings (SSSR count). The molecule has 0 N–H and O–H groups in total. The predicted octanol–water partition coefficient (Wildman–Crippen LogP) is 2.02. The van der Waals surface area contributed by atoms with Crippen LogP contribution in [-0.4, -0.2) is 5.78 Å². The predicted molar refractivity (Wildman–Crippen MR) is 44.1 cm³/mol. The van der Waals surface area contributed by atoms with E-state index in [1.807, 2.05) is 12.2 Å². The molecule has 0 heterocycles. The second kappa shape index (κ2) is 2.50. The van der Waals surface area contributed by atoms with Crippen molar-refractivity contribution in [2.24, 2.45) is 5.92 Å². The molecule has 0 saturated carbocycles. The number of rotatable bonds is 0. The molecular formula is C10H10O. The van der Waals surface area contributed by atoms with Crippen LogP contribution in [0.1, 0.15) is 12.8 Å². The number of carbonyl (C=O) groups excluding carboxylic acids is 1. The molecule has 0 radical (unpaired) electrons. The van der Waals surface area contributed by atoms with Crippen molar-refractivity contribution in [1.29, 1.82) is 0 Å². The Morgan fingerprint density at radius 1 is 1.36 bits per heavy atom. The SMILES string of the molecule is O=C1C=CC=C2C=CCCC12. The van der Waals surface area contributed by atoms with Crippen LogP contribution in [0, 0.1) is 5.92 Å². The van der Waals surface area contributed by atoms with E-state index >= 15 is 0 Å². The van der Waals surface area contributed by atoms with Gasteiger partial charge in [0.2, 0.25) is 0 Å². The molecule has 1 nitrogen and oxygen atoms in total. The van der Waals surface area contributed by atoms with Crippen molar-refractivity contribution >= 4 is 5.78 Å². The average molecular weight is 146 g/mol. The highest BCUT2D eigenvalue weighted by Crippen LogP contribution is 2.27. The maximum Gasteiger partial charge on any atom is 0.163 e. The third-order valence-electron chi connectivity index (χ3n) is 2.23. The summed E-state index contributed by atoms with van der Waals surface area (Å²) in [5.74, 6) is 0.442. The van der Waals surface area contributed by atoms with Crippen LogP contribution in [0.25, 0.3) is 0 Å². The summed E-state index contributed by atoms with van der Waals surface area (Å²) in [6, 6.07) is 0. The van der Waals surface area contributed by atoms with Gasteiger partial charge in [-0.15, -0.1) is 0 Å². The van der Waals surface area contributed by atoms with E-state index in [4.69, 9.17) is 0 Å². The van der Waals surface area contributed by atoms with Gasteiger partial charge in [0.25, 0.3) is 0 Å². The topological polar surface area (TPSA) is 17.1 Å². The molecule has 56 valence electrons.